The molecule has 0 bridgehead atoms. The Morgan fingerprint density at radius 1 is 1.44 bits per heavy atom. The molecule has 1 aromatic heterocycles. The molecule has 0 radical (unpaired) electrons. The fourth-order valence-electron chi connectivity index (χ4n) is 1.65. The van der Waals surface area contributed by atoms with Crippen LogP contribution in [0.5, 0.6) is 0 Å². The zero-order valence-corrected chi connectivity index (χ0v) is 11.2. The van der Waals surface area contributed by atoms with Gasteiger partial charge in [-0.25, -0.2) is 4.98 Å². The molecule has 16 heavy (non-hydrogen) atoms. The van der Waals surface area contributed by atoms with Gasteiger partial charge in [0.2, 0.25) is 0 Å². The molecule has 0 atom stereocenters. The van der Waals surface area contributed by atoms with Crippen LogP contribution in [-0.2, 0) is 13.0 Å². The highest BCUT2D eigenvalue weighted by atomic mass is 32.1. The van der Waals surface area contributed by atoms with E-state index in [1.165, 1.54) is 30.0 Å². The van der Waals surface area contributed by atoms with Crippen LogP contribution in [0, 0.1) is 0 Å². The van der Waals surface area contributed by atoms with Crippen molar-refractivity contribution >= 4 is 11.3 Å². The molecule has 0 amide bonds. The molecular weight excluding hydrogens is 218 g/mol. The second-order valence-electron chi connectivity index (χ2n) is 4.22. The summed E-state index contributed by atoms with van der Waals surface area (Å²) in [6, 6.07) is 0. The van der Waals surface area contributed by atoms with Crippen molar-refractivity contribution in [3.8, 4) is 0 Å². The van der Waals surface area contributed by atoms with E-state index in [0.717, 1.165) is 19.5 Å². The number of thiazole rings is 1. The fourth-order valence-corrected chi connectivity index (χ4v) is 2.45. The molecule has 0 unspecified atom stereocenters. The van der Waals surface area contributed by atoms with Crippen molar-refractivity contribution in [2.24, 2.45) is 5.73 Å². The number of hydrogen-bond acceptors (Lipinski definition) is 4. The van der Waals surface area contributed by atoms with E-state index in [0.29, 0.717) is 6.54 Å². The Morgan fingerprint density at radius 2 is 2.25 bits per heavy atom. The molecule has 0 fully saturated rings. The lowest BCUT2D eigenvalue weighted by Gasteiger charge is -2.14. The SMILES string of the molecule is CCCCCN(C)Cc1csc(CCN)n1. The quantitative estimate of drug-likeness (QED) is 0.710. The van der Waals surface area contributed by atoms with Crippen molar-refractivity contribution in [2.75, 3.05) is 20.1 Å². The maximum atomic E-state index is 5.51. The number of aromatic nitrogens is 1. The summed E-state index contributed by atoms with van der Waals surface area (Å²) < 4.78 is 0. The summed E-state index contributed by atoms with van der Waals surface area (Å²) in [4.78, 5) is 6.91. The third-order valence-corrected chi connectivity index (χ3v) is 3.49. The van der Waals surface area contributed by atoms with Crippen molar-refractivity contribution in [2.45, 2.75) is 39.2 Å². The van der Waals surface area contributed by atoms with Gasteiger partial charge in [-0.05, 0) is 26.6 Å². The maximum Gasteiger partial charge on any atom is 0.0941 e. The van der Waals surface area contributed by atoms with E-state index in [1.807, 2.05) is 0 Å². The van der Waals surface area contributed by atoms with E-state index in [9.17, 15) is 0 Å². The lowest BCUT2D eigenvalue weighted by atomic mass is 10.2. The fraction of sp³-hybridized carbons (Fsp3) is 0.750. The molecule has 0 aromatic carbocycles. The van der Waals surface area contributed by atoms with E-state index < -0.39 is 0 Å². The van der Waals surface area contributed by atoms with Crippen LogP contribution in [0.1, 0.15) is 36.9 Å². The normalized spacial score (nSPS) is 11.2. The summed E-state index contributed by atoms with van der Waals surface area (Å²) in [5.74, 6) is 0. The average Bonchev–Trinajstić information content (AvgIpc) is 2.66. The molecule has 0 saturated heterocycles. The van der Waals surface area contributed by atoms with Crippen LogP contribution in [0.2, 0.25) is 0 Å². The highest BCUT2D eigenvalue weighted by molar-refractivity contribution is 7.09. The highest BCUT2D eigenvalue weighted by Gasteiger charge is 2.04. The Morgan fingerprint density at radius 3 is 2.94 bits per heavy atom. The average molecular weight is 241 g/mol. The van der Waals surface area contributed by atoms with Crippen LogP contribution in [0.15, 0.2) is 5.38 Å². The summed E-state index contributed by atoms with van der Waals surface area (Å²) in [7, 11) is 2.16. The molecule has 0 saturated carbocycles. The van der Waals surface area contributed by atoms with Gasteiger partial charge in [-0.1, -0.05) is 19.8 Å². The molecule has 1 aromatic rings. The Hall–Kier alpha value is -0.450. The second-order valence-corrected chi connectivity index (χ2v) is 5.16. The minimum atomic E-state index is 0.694. The standard InChI is InChI=1S/C12H23N3S/c1-3-4-5-8-15(2)9-11-10-16-12(14-11)6-7-13/h10H,3-9,13H2,1-2H3. The van der Waals surface area contributed by atoms with Gasteiger partial charge in [-0.15, -0.1) is 11.3 Å². The molecule has 1 rings (SSSR count). The van der Waals surface area contributed by atoms with Crippen LogP contribution in [0.3, 0.4) is 0 Å². The first-order valence-electron chi connectivity index (χ1n) is 6.08. The lowest BCUT2D eigenvalue weighted by Crippen LogP contribution is -2.19. The predicted molar refractivity (Wildman–Crippen MR) is 70.7 cm³/mol. The van der Waals surface area contributed by atoms with E-state index in [4.69, 9.17) is 5.73 Å². The van der Waals surface area contributed by atoms with Crippen molar-refractivity contribution < 1.29 is 0 Å². The molecule has 2 N–H and O–H groups in total. The monoisotopic (exact) mass is 241 g/mol. The summed E-state index contributed by atoms with van der Waals surface area (Å²) >= 11 is 1.73. The number of hydrogen-bond donors (Lipinski definition) is 1. The largest absolute Gasteiger partial charge is 0.330 e. The number of rotatable bonds is 8. The maximum absolute atomic E-state index is 5.51. The summed E-state index contributed by atoms with van der Waals surface area (Å²) in [6.45, 7) is 5.06. The van der Waals surface area contributed by atoms with E-state index in [2.05, 4.69) is 29.2 Å². The van der Waals surface area contributed by atoms with Crippen LogP contribution in [0.25, 0.3) is 0 Å². The zero-order valence-electron chi connectivity index (χ0n) is 10.4. The first-order chi connectivity index (χ1) is 7.76. The summed E-state index contributed by atoms with van der Waals surface area (Å²) in [5, 5.41) is 3.32. The first kappa shape index (κ1) is 13.6. The predicted octanol–water partition coefficient (Wildman–Crippen LogP) is 2.27. The van der Waals surface area contributed by atoms with Crippen molar-refractivity contribution in [3.05, 3.63) is 16.1 Å². The van der Waals surface area contributed by atoms with Crippen LogP contribution >= 0.6 is 11.3 Å². The number of unbranched alkanes of at least 4 members (excludes halogenated alkanes) is 2. The number of nitrogens with two attached hydrogens (primary N) is 1. The molecule has 0 aliphatic heterocycles. The van der Waals surface area contributed by atoms with Gasteiger partial charge in [0.15, 0.2) is 0 Å². The van der Waals surface area contributed by atoms with Gasteiger partial charge in [0, 0.05) is 18.3 Å². The van der Waals surface area contributed by atoms with Gasteiger partial charge in [0.1, 0.15) is 0 Å². The summed E-state index contributed by atoms with van der Waals surface area (Å²) in [6.07, 6.45) is 4.79. The van der Waals surface area contributed by atoms with E-state index >= 15 is 0 Å². The van der Waals surface area contributed by atoms with Crippen LogP contribution in [-0.4, -0.2) is 30.0 Å². The van der Waals surface area contributed by atoms with Crippen molar-refractivity contribution in [1.29, 1.82) is 0 Å². The van der Waals surface area contributed by atoms with Gasteiger partial charge in [0.25, 0.3) is 0 Å². The van der Waals surface area contributed by atoms with Crippen LogP contribution < -0.4 is 5.73 Å². The van der Waals surface area contributed by atoms with E-state index in [-0.39, 0.29) is 0 Å². The van der Waals surface area contributed by atoms with Crippen molar-refractivity contribution in [1.82, 2.24) is 9.88 Å². The Bertz CT molecular complexity index is 286. The Balaban J connectivity index is 2.28. The molecule has 0 aliphatic carbocycles. The third kappa shape index (κ3) is 5.05. The van der Waals surface area contributed by atoms with E-state index in [1.54, 1.807) is 11.3 Å². The summed E-state index contributed by atoms with van der Waals surface area (Å²) in [5.41, 5.74) is 6.70. The molecule has 0 spiro atoms. The van der Waals surface area contributed by atoms with Crippen molar-refractivity contribution in [3.63, 3.8) is 0 Å². The minimum absolute atomic E-state index is 0.694. The molecule has 4 heteroatoms. The topological polar surface area (TPSA) is 42.1 Å². The van der Waals surface area contributed by atoms with Gasteiger partial charge in [-0.3, -0.25) is 0 Å². The number of nitrogens with zero attached hydrogens (tertiary/aromatic N) is 2. The third-order valence-electron chi connectivity index (χ3n) is 2.53. The second kappa shape index (κ2) is 7.76. The minimum Gasteiger partial charge on any atom is -0.330 e. The lowest BCUT2D eigenvalue weighted by molar-refractivity contribution is 0.315. The molecule has 1 heterocycles. The van der Waals surface area contributed by atoms with Crippen LogP contribution in [0.4, 0.5) is 0 Å². The molecule has 3 nitrogen and oxygen atoms in total. The highest BCUT2D eigenvalue weighted by Crippen LogP contribution is 2.11. The Kier molecular flexibility index (Phi) is 6.61. The Labute approximate surface area is 103 Å². The van der Waals surface area contributed by atoms with Gasteiger partial charge < -0.3 is 10.6 Å². The molecular formula is C12H23N3S. The van der Waals surface area contributed by atoms with Gasteiger partial charge in [-0.2, -0.15) is 0 Å². The van der Waals surface area contributed by atoms with Gasteiger partial charge >= 0.3 is 0 Å². The van der Waals surface area contributed by atoms with Gasteiger partial charge in [0.05, 0.1) is 10.7 Å². The first-order valence-corrected chi connectivity index (χ1v) is 6.96. The smallest absolute Gasteiger partial charge is 0.0941 e. The molecule has 0 aliphatic rings. The molecule has 92 valence electrons. The zero-order chi connectivity index (χ0) is 11.8.